The van der Waals surface area contributed by atoms with Gasteiger partial charge >= 0.3 is 0 Å². The predicted octanol–water partition coefficient (Wildman–Crippen LogP) is -0.365. The Morgan fingerprint density at radius 2 is 2.00 bits per heavy atom. The van der Waals surface area contributed by atoms with Gasteiger partial charge < -0.3 is 10.8 Å². The highest BCUT2D eigenvalue weighted by molar-refractivity contribution is 4.95. The van der Waals surface area contributed by atoms with Crippen LogP contribution < -0.4 is 5.73 Å². The van der Waals surface area contributed by atoms with E-state index >= 15 is 0 Å². The van der Waals surface area contributed by atoms with Gasteiger partial charge in [0, 0.05) is 11.8 Å². The molecule has 0 heterocycles. The van der Waals surface area contributed by atoms with Crippen LogP contribution in [0.4, 0.5) is 0 Å². The summed E-state index contributed by atoms with van der Waals surface area (Å²) in [5, 5.41) is 9.02. The van der Waals surface area contributed by atoms with Crippen molar-refractivity contribution in [3.63, 3.8) is 0 Å². The molecule has 2 fully saturated rings. The van der Waals surface area contributed by atoms with Crippen LogP contribution in [0.3, 0.4) is 0 Å². The Kier molecular flexibility index (Phi) is 1.46. The summed E-state index contributed by atoms with van der Waals surface area (Å²) in [7, 11) is 0. The van der Waals surface area contributed by atoms with Crippen LogP contribution in [0.1, 0.15) is 19.3 Å². The third-order valence-corrected chi connectivity index (χ3v) is 3.49. The molecule has 0 aromatic carbocycles. The van der Waals surface area contributed by atoms with Crippen molar-refractivity contribution in [2.75, 3.05) is 6.61 Å². The molecule has 0 saturated heterocycles. The zero-order chi connectivity index (χ0) is 7.14. The van der Waals surface area contributed by atoms with Gasteiger partial charge in [-0.25, -0.2) is 0 Å². The maximum Gasteiger partial charge on any atom is 0.0925 e. The first-order valence-corrected chi connectivity index (χ1v) is 4.27. The summed E-state index contributed by atoms with van der Waals surface area (Å²) in [5.74, 6) is 2.21. The highest BCUT2D eigenvalue weighted by Gasteiger charge is 2.47. The standard InChI is InChI=1S/C8H15NO/c9-8-6-2-1-5(3-6)7(8)4-10/h5-8,10H,1-4,9H2/p+1/t5-,6+,7+,8-/m1/s1. The van der Waals surface area contributed by atoms with Crippen molar-refractivity contribution < 1.29 is 10.8 Å². The number of fused-ring (bicyclic) bond motifs is 2. The quantitative estimate of drug-likeness (QED) is 0.516. The molecule has 0 aliphatic heterocycles. The first-order valence-electron chi connectivity index (χ1n) is 4.27. The van der Waals surface area contributed by atoms with Crippen LogP contribution in [-0.4, -0.2) is 17.8 Å². The van der Waals surface area contributed by atoms with Crippen molar-refractivity contribution in [1.29, 1.82) is 0 Å². The summed E-state index contributed by atoms with van der Waals surface area (Å²) in [6, 6.07) is 0.559. The maximum absolute atomic E-state index is 9.02. The van der Waals surface area contributed by atoms with Gasteiger partial charge in [-0.1, -0.05) is 0 Å². The summed E-state index contributed by atoms with van der Waals surface area (Å²) in [4.78, 5) is 0. The van der Waals surface area contributed by atoms with E-state index in [4.69, 9.17) is 5.11 Å². The molecule has 2 nitrogen and oxygen atoms in total. The van der Waals surface area contributed by atoms with E-state index in [1.54, 1.807) is 0 Å². The van der Waals surface area contributed by atoms with Gasteiger partial charge in [-0.2, -0.15) is 0 Å². The average Bonchev–Trinajstić information content (AvgIpc) is 2.46. The molecule has 2 heteroatoms. The third kappa shape index (κ3) is 0.722. The van der Waals surface area contributed by atoms with Gasteiger partial charge in [0.25, 0.3) is 0 Å². The van der Waals surface area contributed by atoms with E-state index in [0.717, 1.165) is 11.8 Å². The number of hydrogen-bond donors (Lipinski definition) is 2. The van der Waals surface area contributed by atoms with Gasteiger partial charge in [0.15, 0.2) is 0 Å². The summed E-state index contributed by atoms with van der Waals surface area (Å²) < 4.78 is 0. The molecule has 0 radical (unpaired) electrons. The molecule has 4 atom stereocenters. The van der Waals surface area contributed by atoms with Crippen LogP contribution in [0.2, 0.25) is 0 Å². The van der Waals surface area contributed by atoms with Gasteiger partial charge in [-0.15, -0.1) is 0 Å². The first-order chi connectivity index (χ1) is 4.83. The minimum Gasteiger partial charge on any atom is -0.396 e. The van der Waals surface area contributed by atoms with Gasteiger partial charge in [-0.05, 0) is 25.2 Å². The molecule has 0 aromatic heterocycles. The number of aliphatic hydroxyl groups is 1. The maximum atomic E-state index is 9.02. The van der Waals surface area contributed by atoms with Gasteiger partial charge in [0.1, 0.15) is 0 Å². The highest BCUT2D eigenvalue weighted by atomic mass is 16.3. The Bertz CT molecular complexity index is 135. The molecule has 2 aliphatic rings. The number of rotatable bonds is 1. The molecule has 0 spiro atoms. The van der Waals surface area contributed by atoms with Crippen molar-refractivity contribution in [1.82, 2.24) is 0 Å². The summed E-state index contributed by atoms with van der Waals surface area (Å²) in [6.45, 7) is 0.370. The molecule has 4 N–H and O–H groups in total. The molecule has 2 rings (SSSR count). The van der Waals surface area contributed by atoms with Gasteiger partial charge in [-0.3, -0.25) is 0 Å². The Hall–Kier alpha value is -0.0800. The van der Waals surface area contributed by atoms with E-state index < -0.39 is 0 Å². The lowest BCUT2D eigenvalue weighted by Crippen LogP contribution is -2.67. The lowest BCUT2D eigenvalue weighted by atomic mass is 9.86. The van der Waals surface area contributed by atoms with E-state index in [1.807, 2.05) is 0 Å². The Morgan fingerprint density at radius 3 is 2.40 bits per heavy atom. The van der Waals surface area contributed by atoms with Crippen LogP contribution in [0, 0.1) is 17.8 Å². The first kappa shape index (κ1) is 6.62. The second-order valence-corrected chi connectivity index (χ2v) is 3.84. The second kappa shape index (κ2) is 2.21. The Morgan fingerprint density at radius 1 is 1.30 bits per heavy atom. The average molecular weight is 142 g/mol. The summed E-state index contributed by atoms with van der Waals surface area (Å²) >= 11 is 0. The number of aliphatic hydroxyl groups excluding tert-OH is 1. The van der Waals surface area contributed by atoms with Crippen molar-refractivity contribution in [3.05, 3.63) is 0 Å². The van der Waals surface area contributed by atoms with Crippen molar-refractivity contribution >= 4 is 0 Å². The second-order valence-electron chi connectivity index (χ2n) is 3.84. The fourth-order valence-electron chi connectivity index (χ4n) is 2.81. The molecule has 2 aliphatic carbocycles. The van der Waals surface area contributed by atoms with E-state index in [2.05, 4.69) is 5.73 Å². The lowest BCUT2D eigenvalue weighted by molar-refractivity contribution is -0.444. The molecular weight excluding hydrogens is 126 g/mol. The van der Waals surface area contributed by atoms with Crippen molar-refractivity contribution in [3.8, 4) is 0 Å². The molecule has 2 saturated carbocycles. The van der Waals surface area contributed by atoms with Crippen molar-refractivity contribution in [2.24, 2.45) is 17.8 Å². The van der Waals surface area contributed by atoms with Gasteiger partial charge in [0.2, 0.25) is 0 Å². The highest BCUT2D eigenvalue weighted by Crippen LogP contribution is 2.46. The molecule has 2 bridgehead atoms. The van der Waals surface area contributed by atoms with E-state index in [1.165, 1.54) is 19.3 Å². The Labute approximate surface area is 61.4 Å². The van der Waals surface area contributed by atoms with E-state index in [-0.39, 0.29) is 0 Å². The zero-order valence-electron chi connectivity index (χ0n) is 6.29. The normalized spacial score (nSPS) is 52.2. The topological polar surface area (TPSA) is 47.9 Å². The van der Waals surface area contributed by atoms with Gasteiger partial charge in [0.05, 0.1) is 12.6 Å². The molecule has 0 unspecified atom stereocenters. The zero-order valence-corrected chi connectivity index (χ0v) is 6.29. The van der Waals surface area contributed by atoms with Crippen LogP contribution in [-0.2, 0) is 0 Å². The molecule has 0 aromatic rings. The van der Waals surface area contributed by atoms with Crippen LogP contribution in [0.5, 0.6) is 0 Å². The predicted molar refractivity (Wildman–Crippen MR) is 38.1 cm³/mol. The summed E-state index contributed by atoms with van der Waals surface area (Å²) in [5.41, 5.74) is 4.11. The molecular formula is C8H16NO+. The van der Waals surface area contributed by atoms with Crippen LogP contribution in [0.15, 0.2) is 0 Å². The minimum atomic E-state index is 0.370. The third-order valence-electron chi connectivity index (χ3n) is 3.49. The smallest absolute Gasteiger partial charge is 0.0925 e. The molecule has 10 heavy (non-hydrogen) atoms. The summed E-state index contributed by atoms with van der Waals surface area (Å²) in [6.07, 6.45) is 4.07. The lowest BCUT2D eigenvalue weighted by Gasteiger charge is -2.22. The fourth-order valence-corrected chi connectivity index (χ4v) is 2.81. The number of hydrogen-bond acceptors (Lipinski definition) is 1. The SMILES string of the molecule is [NH3+][C@@H]1[C@H]2CC[C@H](C2)[C@@H]1CO. The number of quaternary nitrogens is 1. The largest absolute Gasteiger partial charge is 0.396 e. The van der Waals surface area contributed by atoms with Crippen LogP contribution in [0.25, 0.3) is 0 Å². The Balaban J connectivity index is 2.10. The molecule has 58 valence electrons. The monoisotopic (exact) mass is 142 g/mol. The molecule has 0 amide bonds. The van der Waals surface area contributed by atoms with Crippen molar-refractivity contribution in [2.45, 2.75) is 25.3 Å². The van der Waals surface area contributed by atoms with Crippen LogP contribution >= 0.6 is 0 Å². The fraction of sp³-hybridized carbons (Fsp3) is 1.00. The minimum absolute atomic E-state index is 0.370. The van der Waals surface area contributed by atoms with E-state index in [0.29, 0.717) is 18.6 Å². The van der Waals surface area contributed by atoms with E-state index in [9.17, 15) is 0 Å².